The molecule has 0 bridgehead atoms. The van der Waals surface area contributed by atoms with Gasteiger partial charge in [0.2, 0.25) is 5.89 Å². The Balaban J connectivity index is 1.71. The highest BCUT2D eigenvalue weighted by Gasteiger charge is 2.21. The monoisotopic (exact) mass is 417 g/mol. The summed E-state index contributed by atoms with van der Waals surface area (Å²) in [6.45, 7) is 7.35. The van der Waals surface area contributed by atoms with Crippen molar-refractivity contribution in [3.8, 4) is 17.2 Å². The average Bonchev–Trinajstić information content (AvgIpc) is 3.13. The van der Waals surface area contributed by atoms with E-state index in [0.717, 1.165) is 40.9 Å². The van der Waals surface area contributed by atoms with Gasteiger partial charge >= 0.3 is 10.1 Å². The van der Waals surface area contributed by atoms with Gasteiger partial charge in [-0.1, -0.05) is 6.07 Å². The van der Waals surface area contributed by atoms with Gasteiger partial charge < -0.3 is 18.2 Å². The fraction of sp³-hybridized carbons (Fsp3) is 0.381. The molecule has 0 atom stereocenters. The van der Waals surface area contributed by atoms with Gasteiger partial charge in [-0.2, -0.15) is 8.42 Å². The number of aryl methyl sites for hydroxylation is 1. The molecule has 1 saturated heterocycles. The van der Waals surface area contributed by atoms with E-state index in [2.05, 4.69) is 4.98 Å². The summed E-state index contributed by atoms with van der Waals surface area (Å²) in [5.41, 5.74) is 4.24. The van der Waals surface area contributed by atoms with E-state index in [4.69, 9.17) is 13.3 Å². The van der Waals surface area contributed by atoms with Crippen LogP contribution >= 0.6 is 0 Å². The van der Waals surface area contributed by atoms with Crippen molar-refractivity contribution >= 4 is 21.2 Å². The smallest absolute Gasteiger partial charge is 0.308 e. The molecule has 4 rings (SSSR count). The Bertz CT molecular complexity index is 1120. The summed E-state index contributed by atoms with van der Waals surface area (Å²) in [6, 6.07) is 11.3. The van der Waals surface area contributed by atoms with Gasteiger partial charge in [-0.15, -0.1) is 0 Å². The molecule has 7 nitrogen and oxygen atoms in total. The van der Waals surface area contributed by atoms with Crippen LogP contribution in [0.3, 0.4) is 0 Å². The number of quaternary nitrogens is 1. The standard InChI is InChI=1S/C21H24N2O5S/c1-3-29(24,25)28-19-7-5-16(13-17(19)14-23-8-10-26-11-9-23)21-22-18-12-15(2)4-6-20(18)27-21/h4-7,12-13H,3,8-11,14H2,1-2H3/p+1. The highest BCUT2D eigenvalue weighted by molar-refractivity contribution is 7.87. The van der Waals surface area contributed by atoms with E-state index >= 15 is 0 Å². The third kappa shape index (κ3) is 4.60. The highest BCUT2D eigenvalue weighted by atomic mass is 32.2. The van der Waals surface area contributed by atoms with Crippen LogP contribution in [-0.2, 0) is 21.4 Å². The molecule has 2 aromatic carbocycles. The summed E-state index contributed by atoms with van der Waals surface area (Å²) in [5.74, 6) is 0.790. The van der Waals surface area contributed by atoms with Crippen molar-refractivity contribution in [2.75, 3.05) is 32.1 Å². The van der Waals surface area contributed by atoms with Crippen LogP contribution in [0.2, 0.25) is 0 Å². The zero-order chi connectivity index (χ0) is 20.4. The maximum absolute atomic E-state index is 12.0. The second kappa shape index (κ2) is 8.14. The van der Waals surface area contributed by atoms with Crippen molar-refractivity contribution < 1.29 is 26.7 Å². The molecule has 1 fully saturated rings. The molecule has 1 aromatic heterocycles. The van der Waals surface area contributed by atoms with E-state index in [0.29, 0.717) is 31.4 Å². The molecule has 0 saturated carbocycles. The molecule has 29 heavy (non-hydrogen) atoms. The lowest BCUT2D eigenvalue weighted by Crippen LogP contribution is -3.12. The number of hydrogen-bond acceptors (Lipinski definition) is 6. The lowest BCUT2D eigenvalue weighted by Gasteiger charge is -2.24. The molecule has 1 N–H and O–H groups in total. The van der Waals surface area contributed by atoms with Crippen LogP contribution in [-0.4, -0.2) is 45.5 Å². The van der Waals surface area contributed by atoms with Gasteiger partial charge in [0.1, 0.15) is 25.2 Å². The van der Waals surface area contributed by atoms with Crippen LogP contribution < -0.4 is 9.08 Å². The number of aromatic nitrogens is 1. The average molecular weight is 418 g/mol. The quantitative estimate of drug-likeness (QED) is 0.618. The number of nitrogens with one attached hydrogen (secondary N) is 1. The molecule has 1 aliphatic heterocycles. The van der Waals surface area contributed by atoms with E-state index in [1.165, 1.54) is 4.90 Å². The van der Waals surface area contributed by atoms with Crippen LogP contribution in [0, 0.1) is 6.92 Å². The SMILES string of the molecule is CCS(=O)(=O)Oc1ccc(-c2nc3cc(C)ccc3o2)cc1C[NH+]1CCOCC1. The minimum atomic E-state index is -3.61. The van der Waals surface area contributed by atoms with Crippen molar-refractivity contribution in [1.29, 1.82) is 0 Å². The number of hydrogen-bond donors (Lipinski definition) is 1. The van der Waals surface area contributed by atoms with Gasteiger partial charge in [0.05, 0.1) is 24.5 Å². The Labute approximate surface area is 170 Å². The molecule has 0 unspecified atom stereocenters. The van der Waals surface area contributed by atoms with E-state index in [1.54, 1.807) is 19.1 Å². The van der Waals surface area contributed by atoms with Crippen molar-refractivity contribution in [1.82, 2.24) is 4.98 Å². The van der Waals surface area contributed by atoms with E-state index in [-0.39, 0.29) is 5.75 Å². The minimum absolute atomic E-state index is 0.0803. The number of benzene rings is 2. The Morgan fingerprint density at radius 1 is 1.14 bits per heavy atom. The molecular formula is C21H25N2O5S+. The van der Waals surface area contributed by atoms with Crippen molar-refractivity contribution in [3.05, 3.63) is 47.5 Å². The Morgan fingerprint density at radius 2 is 1.93 bits per heavy atom. The molecule has 0 spiro atoms. The molecule has 0 amide bonds. The fourth-order valence-electron chi connectivity index (χ4n) is 3.39. The maximum atomic E-state index is 12.0. The second-order valence-electron chi connectivity index (χ2n) is 7.28. The first-order valence-corrected chi connectivity index (χ1v) is 11.4. The third-order valence-electron chi connectivity index (χ3n) is 5.06. The number of ether oxygens (including phenoxy) is 1. The summed E-state index contributed by atoms with van der Waals surface area (Å²) in [5, 5.41) is 0. The summed E-state index contributed by atoms with van der Waals surface area (Å²) in [4.78, 5) is 5.92. The number of nitrogens with zero attached hydrogens (tertiary/aromatic N) is 1. The van der Waals surface area contributed by atoms with Crippen LogP contribution in [0.15, 0.2) is 40.8 Å². The molecule has 1 aliphatic rings. The maximum Gasteiger partial charge on any atom is 0.308 e. The zero-order valence-corrected chi connectivity index (χ0v) is 17.4. The van der Waals surface area contributed by atoms with Gasteiger partial charge in [0.25, 0.3) is 0 Å². The highest BCUT2D eigenvalue weighted by Crippen LogP contribution is 2.29. The van der Waals surface area contributed by atoms with Gasteiger partial charge in [0, 0.05) is 5.56 Å². The number of rotatable bonds is 6. The lowest BCUT2D eigenvalue weighted by molar-refractivity contribution is -0.921. The Kier molecular flexibility index (Phi) is 5.58. The van der Waals surface area contributed by atoms with Crippen LogP contribution in [0.4, 0.5) is 0 Å². The predicted molar refractivity (Wildman–Crippen MR) is 109 cm³/mol. The molecule has 8 heteroatoms. The summed E-state index contributed by atoms with van der Waals surface area (Å²) in [6.07, 6.45) is 0. The van der Waals surface area contributed by atoms with Crippen molar-refractivity contribution in [2.24, 2.45) is 0 Å². The number of morpholine rings is 1. The number of oxazole rings is 1. The Morgan fingerprint density at radius 3 is 2.69 bits per heavy atom. The molecule has 0 aliphatic carbocycles. The predicted octanol–water partition coefficient (Wildman–Crippen LogP) is 1.95. The van der Waals surface area contributed by atoms with Gasteiger partial charge in [0.15, 0.2) is 11.3 Å². The van der Waals surface area contributed by atoms with Crippen LogP contribution in [0.1, 0.15) is 18.1 Å². The summed E-state index contributed by atoms with van der Waals surface area (Å²) in [7, 11) is -3.61. The number of fused-ring (bicyclic) bond motifs is 1. The fourth-order valence-corrected chi connectivity index (χ4v) is 3.95. The summed E-state index contributed by atoms with van der Waals surface area (Å²) >= 11 is 0. The van der Waals surface area contributed by atoms with E-state index in [9.17, 15) is 8.42 Å². The zero-order valence-electron chi connectivity index (χ0n) is 16.6. The van der Waals surface area contributed by atoms with Gasteiger partial charge in [-0.25, -0.2) is 4.98 Å². The van der Waals surface area contributed by atoms with E-state index in [1.807, 2.05) is 31.2 Å². The van der Waals surface area contributed by atoms with E-state index < -0.39 is 10.1 Å². The molecule has 154 valence electrons. The molecule has 0 radical (unpaired) electrons. The topological polar surface area (TPSA) is 83.1 Å². The van der Waals surface area contributed by atoms with Crippen molar-refractivity contribution in [3.63, 3.8) is 0 Å². The second-order valence-corrected chi connectivity index (χ2v) is 9.14. The van der Waals surface area contributed by atoms with Crippen LogP contribution in [0.5, 0.6) is 5.75 Å². The normalized spacial score (nSPS) is 15.7. The lowest BCUT2D eigenvalue weighted by atomic mass is 10.1. The molecule has 2 heterocycles. The third-order valence-corrected chi connectivity index (χ3v) is 6.20. The van der Waals surface area contributed by atoms with Crippen molar-refractivity contribution in [2.45, 2.75) is 20.4 Å². The van der Waals surface area contributed by atoms with Gasteiger partial charge in [-0.3, -0.25) is 0 Å². The molecule has 3 aromatic rings. The first-order chi connectivity index (χ1) is 13.9. The summed E-state index contributed by atoms with van der Waals surface area (Å²) < 4.78 is 40.8. The Hall–Kier alpha value is -2.42. The molecular weight excluding hydrogens is 392 g/mol. The largest absolute Gasteiger partial charge is 0.436 e. The van der Waals surface area contributed by atoms with Gasteiger partial charge in [-0.05, 0) is 49.7 Å². The van der Waals surface area contributed by atoms with Crippen LogP contribution in [0.25, 0.3) is 22.6 Å². The minimum Gasteiger partial charge on any atom is -0.436 e. The first kappa shape index (κ1) is 19.9. The first-order valence-electron chi connectivity index (χ1n) is 9.77.